The van der Waals surface area contributed by atoms with Gasteiger partial charge in [0.05, 0.1) is 16.7 Å². The van der Waals surface area contributed by atoms with Gasteiger partial charge in [-0.2, -0.15) is 0 Å². The molecule has 0 N–H and O–H groups in total. The Hall–Kier alpha value is -8.15. The fraction of sp³-hybridized carbons (Fsp3) is 0. The standard InChI is InChI=1S/C55H34N4O/c1-5-16-35(17-6-1)39-29-31-47-46(32-39)51-43-25-14-13-24-41(43)45(36-18-7-2-8-19-36)34-49(51)59(47)48-27-15-26-44-42-30-28-40(33-50(42)60-52(44)48)55-57-53(37-20-9-3-10-21-37)56-54(58-55)38-22-11-4-12-23-38/h1-34H. The molecule has 0 amide bonds. The predicted molar refractivity (Wildman–Crippen MR) is 246 cm³/mol. The Morgan fingerprint density at radius 3 is 1.55 bits per heavy atom. The minimum absolute atomic E-state index is 0.585. The van der Waals surface area contributed by atoms with Gasteiger partial charge >= 0.3 is 0 Å². The van der Waals surface area contributed by atoms with Crippen LogP contribution in [0.2, 0.25) is 0 Å². The topological polar surface area (TPSA) is 56.7 Å². The van der Waals surface area contributed by atoms with Crippen LogP contribution in [0.15, 0.2) is 211 Å². The molecular formula is C55H34N4O. The van der Waals surface area contributed by atoms with Gasteiger partial charge in [0.25, 0.3) is 0 Å². The number of fused-ring (bicyclic) bond motifs is 8. The summed E-state index contributed by atoms with van der Waals surface area (Å²) in [6.45, 7) is 0. The minimum atomic E-state index is 0.585. The quantitative estimate of drug-likeness (QED) is 0.169. The summed E-state index contributed by atoms with van der Waals surface area (Å²) in [6.07, 6.45) is 0. The van der Waals surface area contributed by atoms with E-state index in [2.05, 4.69) is 150 Å². The van der Waals surface area contributed by atoms with Crippen LogP contribution in [0.5, 0.6) is 0 Å². The van der Waals surface area contributed by atoms with E-state index in [0.717, 1.165) is 55.3 Å². The van der Waals surface area contributed by atoms with Crippen molar-refractivity contribution in [2.75, 3.05) is 0 Å². The number of rotatable bonds is 6. The zero-order valence-electron chi connectivity index (χ0n) is 32.3. The van der Waals surface area contributed by atoms with Crippen molar-refractivity contribution in [3.63, 3.8) is 0 Å². The number of benzene rings is 9. The smallest absolute Gasteiger partial charge is 0.164 e. The van der Waals surface area contributed by atoms with Crippen molar-refractivity contribution in [3.05, 3.63) is 206 Å². The molecule has 5 nitrogen and oxygen atoms in total. The van der Waals surface area contributed by atoms with Crippen LogP contribution in [-0.2, 0) is 0 Å². The Morgan fingerprint density at radius 1 is 0.333 bits per heavy atom. The van der Waals surface area contributed by atoms with Crippen LogP contribution in [0.1, 0.15) is 0 Å². The summed E-state index contributed by atoms with van der Waals surface area (Å²) in [5.41, 5.74) is 12.2. The molecule has 0 spiro atoms. The second kappa shape index (κ2) is 13.8. The molecule has 12 rings (SSSR count). The van der Waals surface area contributed by atoms with Gasteiger partial charge < -0.3 is 8.98 Å². The Balaban J connectivity index is 1.10. The van der Waals surface area contributed by atoms with E-state index >= 15 is 0 Å². The summed E-state index contributed by atoms with van der Waals surface area (Å²) in [5.74, 6) is 1.83. The van der Waals surface area contributed by atoms with Crippen molar-refractivity contribution < 1.29 is 4.42 Å². The number of aromatic nitrogens is 4. The van der Waals surface area contributed by atoms with E-state index in [-0.39, 0.29) is 0 Å². The van der Waals surface area contributed by atoms with E-state index in [9.17, 15) is 0 Å². The number of para-hydroxylation sites is 1. The molecule has 12 aromatic rings. The highest BCUT2D eigenvalue weighted by Gasteiger charge is 2.22. The molecule has 0 bridgehead atoms. The van der Waals surface area contributed by atoms with Crippen LogP contribution in [0.4, 0.5) is 0 Å². The first-order valence-corrected chi connectivity index (χ1v) is 20.2. The maximum absolute atomic E-state index is 7.00. The molecule has 0 fully saturated rings. The molecule has 0 atom stereocenters. The first kappa shape index (κ1) is 33.9. The second-order valence-corrected chi connectivity index (χ2v) is 15.2. The zero-order chi connectivity index (χ0) is 39.6. The third-order valence-corrected chi connectivity index (χ3v) is 11.6. The zero-order valence-corrected chi connectivity index (χ0v) is 32.3. The monoisotopic (exact) mass is 766 g/mol. The Kier molecular flexibility index (Phi) is 7.78. The highest BCUT2D eigenvalue weighted by molar-refractivity contribution is 6.25. The first-order valence-electron chi connectivity index (χ1n) is 20.2. The van der Waals surface area contributed by atoms with Crippen molar-refractivity contribution in [2.45, 2.75) is 0 Å². The lowest BCUT2D eigenvalue weighted by Crippen LogP contribution is -2.00. The summed E-state index contributed by atoms with van der Waals surface area (Å²) >= 11 is 0. The number of hydrogen-bond donors (Lipinski definition) is 0. The number of nitrogens with zero attached hydrogens (tertiary/aromatic N) is 4. The fourth-order valence-corrected chi connectivity index (χ4v) is 8.84. The molecular weight excluding hydrogens is 733 g/mol. The lowest BCUT2D eigenvalue weighted by Gasteiger charge is -2.12. The lowest BCUT2D eigenvalue weighted by atomic mass is 9.94. The van der Waals surface area contributed by atoms with E-state index in [1.54, 1.807) is 0 Å². The van der Waals surface area contributed by atoms with Crippen LogP contribution in [0.3, 0.4) is 0 Å². The first-order chi connectivity index (χ1) is 29.7. The van der Waals surface area contributed by atoms with E-state index in [1.807, 2.05) is 60.7 Å². The lowest BCUT2D eigenvalue weighted by molar-refractivity contribution is 0.666. The van der Waals surface area contributed by atoms with Gasteiger partial charge in [-0.15, -0.1) is 0 Å². The van der Waals surface area contributed by atoms with Crippen LogP contribution in [-0.4, -0.2) is 19.5 Å². The van der Waals surface area contributed by atoms with Crippen molar-refractivity contribution in [3.8, 4) is 62.1 Å². The molecule has 280 valence electrons. The molecule has 60 heavy (non-hydrogen) atoms. The summed E-state index contributed by atoms with van der Waals surface area (Å²) < 4.78 is 9.40. The molecule has 0 aliphatic rings. The van der Waals surface area contributed by atoms with E-state index in [1.165, 1.54) is 43.8 Å². The van der Waals surface area contributed by atoms with Gasteiger partial charge in [0.1, 0.15) is 5.58 Å². The molecule has 0 radical (unpaired) electrons. The fourth-order valence-electron chi connectivity index (χ4n) is 8.84. The van der Waals surface area contributed by atoms with Crippen LogP contribution < -0.4 is 0 Å². The maximum Gasteiger partial charge on any atom is 0.164 e. The maximum atomic E-state index is 7.00. The molecule has 5 heteroatoms. The predicted octanol–water partition coefficient (Wildman–Crippen LogP) is 14.4. The van der Waals surface area contributed by atoms with Gasteiger partial charge in [-0.25, -0.2) is 15.0 Å². The summed E-state index contributed by atoms with van der Waals surface area (Å²) in [7, 11) is 0. The van der Waals surface area contributed by atoms with Gasteiger partial charge in [-0.1, -0.05) is 170 Å². The van der Waals surface area contributed by atoms with Gasteiger partial charge in [-0.05, 0) is 69.4 Å². The molecule has 3 aromatic heterocycles. The highest BCUT2D eigenvalue weighted by atomic mass is 16.3. The van der Waals surface area contributed by atoms with E-state index in [0.29, 0.717) is 17.5 Å². The van der Waals surface area contributed by atoms with E-state index in [4.69, 9.17) is 19.4 Å². The second-order valence-electron chi connectivity index (χ2n) is 15.2. The third kappa shape index (κ3) is 5.52. The van der Waals surface area contributed by atoms with Gasteiger partial charge in [0.2, 0.25) is 0 Å². The SMILES string of the molecule is c1ccc(-c2ccc3c(c2)c2c4ccccc4c(-c4ccccc4)cc2n3-c2cccc3c2oc2cc(-c4nc(-c5ccccc5)nc(-c5ccccc5)n4)ccc23)cc1. The molecule has 3 heterocycles. The molecule has 9 aromatic carbocycles. The molecule has 0 aliphatic heterocycles. The average Bonchev–Trinajstić information content (AvgIpc) is 3.87. The third-order valence-electron chi connectivity index (χ3n) is 11.6. The van der Waals surface area contributed by atoms with Crippen molar-refractivity contribution in [1.29, 1.82) is 0 Å². The Morgan fingerprint density at radius 2 is 0.883 bits per heavy atom. The highest BCUT2D eigenvalue weighted by Crippen LogP contribution is 2.44. The average molecular weight is 767 g/mol. The normalized spacial score (nSPS) is 11.7. The molecule has 0 unspecified atom stereocenters. The number of hydrogen-bond acceptors (Lipinski definition) is 4. The van der Waals surface area contributed by atoms with Gasteiger partial charge in [0.15, 0.2) is 23.1 Å². The van der Waals surface area contributed by atoms with Crippen LogP contribution >= 0.6 is 0 Å². The molecule has 0 saturated heterocycles. The molecule has 0 aliphatic carbocycles. The minimum Gasteiger partial charge on any atom is -0.454 e. The van der Waals surface area contributed by atoms with Gasteiger partial charge in [0, 0.05) is 38.2 Å². The summed E-state index contributed by atoms with van der Waals surface area (Å²) in [6, 6.07) is 72.2. The van der Waals surface area contributed by atoms with E-state index < -0.39 is 0 Å². The van der Waals surface area contributed by atoms with Crippen LogP contribution in [0, 0.1) is 0 Å². The largest absolute Gasteiger partial charge is 0.454 e. The summed E-state index contributed by atoms with van der Waals surface area (Å²) in [4.78, 5) is 14.9. The number of furan rings is 1. The van der Waals surface area contributed by atoms with Crippen molar-refractivity contribution in [2.24, 2.45) is 0 Å². The molecule has 0 saturated carbocycles. The van der Waals surface area contributed by atoms with Crippen molar-refractivity contribution >= 4 is 54.5 Å². The van der Waals surface area contributed by atoms with Crippen LogP contribution in [0.25, 0.3) is 117 Å². The summed E-state index contributed by atoms with van der Waals surface area (Å²) in [5, 5.41) is 6.91. The van der Waals surface area contributed by atoms with Crippen molar-refractivity contribution in [1.82, 2.24) is 19.5 Å². The Bertz CT molecular complexity index is 3520. The Labute approximate surface area is 345 Å². The van der Waals surface area contributed by atoms with Gasteiger partial charge in [-0.3, -0.25) is 0 Å².